The number of aliphatic hydroxyl groups is 1. The maximum atomic E-state index is 9.72. The summed E-state index contributed by atoms with van der Waals surface area (Å²) in [6, 6.07) is 0. The second-order valence-electron chi connectivity index (χ2n) is 3.90. The normalized spacial score (nSPS) is 12.9. The summed E-state index contributed by atoms with van der Waals surface area (Å²) in [6.45, 7) is 2.22. The summed E-state index contributed by atoms with van der Waals surface area (Å²) in [7, 11) is 0. The van der Waals surface area contributed by atoms with Crippen LogP contribution in [0.4, 0.5) is 0 Å². The van der Waals surface area contributed by atoms with Crippen LogP contribution in [0.2, 0.25) is 0 Å². The highest BCUT2D eigenvalue weighted by atomic mass is 32.1. The van der Waals surface area contributed by atoms with Crippen LogP contribution in [-0.2, 0) is 0 Å². The van der Waals surface area contributed by atoms with Crippen LogP contribution in [0, 0.1) is 0 Å². The van der Waals surface area contributed by atoms with E-state index in [4.69, 9.17) is 0 Å². The number of aliphatic hydroxyl groups excluding tert-OH is 1. The Kier molecular flexibility index (Phi) is 6.52. The van der Waals surface area contributed by atoms with E-state index in [1.165, 1.54) is 43.6 Å². The molecule has 0 saturated carbocycles. The fraction of sp³-hybridized carbons (Fsp3) is 0.818. The maximum absolute atomic E-state index is 9.72. The molecular formula is C11H20N2OS. The molecule has 3 nitrogen and oxygen atoms in total. The standard InChI is InChI=1S/C11H20N2OS/c1-2-3-4-5-6-7-8-11(14)10-9-15-13-12-10/h9,11,14H,2-8H2,1H3. The molecule has 1 atom stereocenters. The summed E-state index contributed by atoms with van der Waals surface area (Å²) >= 11 is 1.30. The third-order valence-electron chi connectivity index (χ3n) is 2.55. The van der Waals surface area contributed by atoms with E-state index in [0.29, 0.717) is 0 Å². The molecule has 0 aliphatic rings. The van der Waals surface area contributed by atoms with Gasteiger partial charge >= 0.3 is 0 Å². The predicted molar refractivity (Wildman–Crippen MR) is 62.9 cm³/mol. The van der Waals surface area contributed by atoms with Gasteiger partial charge in [-0.2, -0.15) is 0 Å². The average Bonchev–Trinajstić information content (AvgIpc) is 2.76. The molecule has 0 spiro atoms. The van der Waals surface area contributed by atoms with Gasteiger partial charge in [-0.05, 0) is 18.0 Å². The number of hydrogen-bond donors (Lipinski definition) is 1. The predicted octanol–water partition coefficient (Wildman–Crippen LogP) is 3.32. The third-order valence-corrected chi connectivity index (χ3v) is 3.07. The zero-order valence-corrected chi connectivity index (χ0v) is 10.2. The Morgan fingerprint density at radius 2 is 2.00 bits per heavy atom. The van der Waals surface area contributed by atoms with Crippen LogP contribution in [0.5, 0.6) is 0 Å². The van der Waals surface area contributed by atoms with Crippen molar-refractivity contribution in [1.82, 2.24) is 9.59 Å². The summed E-state index contributed by atoms with van der Waals surface area (Å²) in [4.78, 5) is 0. The number of rotatable bonds is 8. The first-order valence-electron chi connectivity index (χ1n) is 5.79. The molecule has 1 heterocycles. The van der Waals surface area contributed by atoms with Crippen LogP contribution in [0.1, 0.15) is 63.7 Å². The lowest BCUT2D eigenvalue weighted by Gasteiger charge is -2.06. The van der Waals surface area contributed by atoms with Gasteiger partial charge in [-0.3, -0.25) is 0 Å². The summed E-state index contributed by atoms with van der Waals surface area (Å²) in [5.74, 6) is 0. The van der Waals surface area contributed by atoms with Crippen molar-refractivity contribution in [3.8, 4) is 0 Å². The highest BCUT2D eigenvalue weighted by molar-refractivity contribution is 7.03. The quantitative estimate of drug-likeness (QED) is 0.694. The van der Waals surface area contributed by atoms with Crippen LogP contribution in [0.25, 0.3) is 0 Å². The van der Waals surface area contributed by atoms with Crippen molar-refractivity contribution < 1.29 is 5.11 Å². The first-order valence-corrected chi connectivity index (χ1v) is 6.63. The van der Waals surface area contributed by atoms with E-state index >= 15 is 0 Å². The third kappa shape index (κ3) is 5.23. The minimum atomic E-state index is -0.407. The van der Waals surface area contributed by atoms with Gasteiger partial charge < -0.3 is 5.11 Å². The number of hydrogen-bond acceptors (Lipinski definition) is 4. The molecule has 1 aromatic heterocycles. The molecular weight excluding hydrogens is 208 g/mol. The minimum absolute atomic E-state index is 0.407. The molecule has 0 radical (unpaired) electrons. The highest BCUT2D eigenvalue weighted by Gasteiger charge is 2.09. The number of nitrogens with zero attached hydrogens (tertiary/aromatic N) is 2. The van der Waals surface area contributed by atoms with Crippen molar-refractivity contribution in [3.63, 3.8) is 0 Å². The van der Waals surface area contributed by atoms with Crippen molar-refractivity contribution in [2.75, 3.05) is 0 Å². The summed E-state index contributed by atoms with van der Waals surface area (Å²) < 4.78 is 3.74. The summed E-state index contributed by atoms with van der Waals surface area (Å²) in [6.07, 6.45) is 7.94. The molecule has 1 N–H and O–H groups in total. The second kappa shape index (κ2) is 7.77. The number of aromatic nitrogens is 2. The molecule has 4 heteroatoms. The Hall–Kier alpha value is -0.480. The van der Waals surface area contributed by atoms with Gasteiger partial charge in [0.25, 0.3) is 0 Å². The van der Waals surface area contributed by atoms with Crippen molar-refractivity contribution in [2.45, 2.75) is 58.0 Å². The van der Waals surface area contributed by atoms with Crippen LogP contribution < -0.4 is 0 Å². The monoisotopic (exact) mass is 228 g/mol. The summed E-state index contributed by atoms with van der Waals surface area (Å²) in [5, 5.41) is 15.4. The molecule has 15 heavy (non-hydrogen) atoms. The Labute approximate surface area is 95.7 Å². The van der Waals surface area contributed by atoms with Crippen LogP contribution in [0.3, 0.4) is 0 Å². The van der Waals surface area contributed by atoms with Crippen molar-refractivity contribution in [1.29, 1.82) is 0 Å². The summed E-state index contributed by atoms with van der Waals surface area (Å²) in [5.41, 5.74) is 0.730. The fourth-order valence-corrected chi connectivity index (χ4v) is 2.08. The van der Waals surface area contributed by atoms with Gasteiger partial charge in [0.15, 0.2) is 0 Å². The Bertz CT molecular complexity index is 239. The lowest BCUT2D eigenvalue weighted by Crippen LogP contribution is -1.97. The molecule has 0 fully saturated rings. The van der Waals surface area contributed by atoms with E-state index in [1.807, 2.05) is 5.38 Å². The molecule has 0 aromatic carbocycles. The van der Waals surface area contributed by atoms with E-state index in [2.05, 4.69) is 16.5 Å². The molecule has 0 bridgehead atoms. The van der Waals surface area contributed by atoms with Crippen molar-refractivity contribution in [3.05, 3.63) is 11.1 Å². The van der Waals surface area contributed by atoms with Gasteiger partial charge in [-0.1, -0.05) is 49.9 Å². The van der Waals surface area contributed by atoms with Gasteiger partial charge in [-0.25, -0.2) is 0 Å². The van der Waals surface area contributed by atoms with Crippen molar-refractivity contribution >= 4 is 11.5 Å². The lowest BCUT2D eigenvalue weighted by atomic mass is 10.1. The van der Waals surface area contributed by atoms with Crippen LogP contribution in [0.15, 0.2) is 5.38 Å². The van der Waals surface area contributed by atoms with Gasteiger partial charge in [0, 0.05) is 5.38 Å². The smallest absolute Gasteiger partial charge is 0.104 e. The molecule has 0 amide bonds. The molecule has 1 aromatic rings. The van der Waals surface area contributed by atoms with Crippen molar-refractivity contribution in [2.24, 2.45) is 0 Å². The van der Waals surface area contributed by atoms with E-state index in [0.717, 1.165) is 18.5 Å². The van der Waals surface area contributed by atoms with Gasteiger partial charge in [0.2, 0.25) is 0 Å². The topological polar surface area (TPSA) is 46.0 Å². The van der Waals surface area contributed by atoms with Gasteiger partial charge in [-0.15, -0.1) is 5.10 Å². The van der Waals surface area contributed by atoms with Gasteiger partial charge in [0.1, 0.15) is 5.69 Å². The number of unbranched alkanes of at least 4 members (excludes halogenated alkanes) is 5. The molecule has 1 rings (SSSR count). The van der Waals surface area contributed by atoms with E-state index in [1.54, 1.807) is 0 Å². The highest BCUT2D eigenvalue weighted by Crippen LogP contribution is 2.18. The van der Waals surface area contributed by atoms with Gasteiger partial charge in [0.05, 0.1) is 6.10 Å². The van der Waals surface area contributed by atoms with Crippen LogP contribution in [-0.4, -0.2) is 14.7 Å². The van der Waals surface area contributed by atoms with E-state index in [9.17, 15) is 5.11 Å². The Morgan fingerprint density at radius 3 is 2.67 bits per heavy atom. The van der Waals surface area contributed by atoms with E-state index in [-0.39, 0.29) is 0 Å². The molecule has 0 aliphatic heterocycles. The Balaban J connectivity index is 2.00. The molecule has 0 saturated heterocycles. The first-order chi connectivity index (χ1) is 7.34. The zero-order chi connectivity index (χ0) is 10.9. The lowest BCUT2D eigenvalue weighted by molar-refractivity contribution is 0.158. The minimum Gasteiger partial charge on any atom is -0.387 e. The molecule has 1 unspecified atom stereocenters. The first kappa shape index (κ1) is 12.6. The average molecular weight is 228 g/mol. The largest absolute Gasteiger partial charge is 0.387 e. The van der Waals surface area contributed by atoms with Crippen LogP contribution >= 0.6 is 11.5 Å². The Morgan fingerprint density at radius 1 is 1.27 bits per heavy atom. The molecule has 0 aliphatic carbocycles. The molecule has 86 valence electrons. The second-order valence-corrected chi connectivity index (χ2v) is 4.51. The fourth-order valence-electron chi connectivity index (χ4n) is 1.58. The maximum Gasteiger partial charge on any atom is 0.104 e. The van der Waals surface area contributed by atoms with E-state index < -0.39 is 6.10 Å². The zero-order valence-electron chi connectivity index (χ0n) is 9.35. The SMILES string of the molecule is CCCCCCCCC(O)c1csnn1.